The maximum atomic E-state index is 13.1. The summed E-state index contributed by atoms with van der Waals surface area (Å²) in [5, 5.41) is 3.90. The summed E-state index contributed by atoms with van der Waals surface area (Å²) < 4.78 is 0. The minimum Gasteiger partial charge on any atom is -0.358 e. The molecule has 146 valence electrons. The Hall–Kier alpha value is -2.92. The fraction of sp³-hybridized carbons (Fsp3) is 0.304. The Morgan fingerprint density at radius 2 is 1.68 bits per heavy atom. The standard InChI is InChI=1S/C23H27N3O2/c1-14-9-8-10-15(2)22(14)25-20(27)13-26(5)17(4)23(28)21-16(3)24-19-12-7-6-11-18(19)21/h6-12,17,24H,13H2,1-5H3,(H,25,27)/t17-/m0/s1. The average Bonchev–Trinajstić information content (AvgIpc) is 2.99. The molecule has 0 radical (unpaired) electrons. The highest BCUT2D eigenvalue weighted by molar-refractivity contribution is 6.11. The molecule has 3 rings (SSSR count). The van der Waals surface area contributed by atoms with E-state index in [0.29, 0.717) is 5.56 Å². The first kappa shape index (κ1) is 19.8. The summed E-state index contributed by atoms with van der Waals surface area (Å²) in [6.45, 7) is 7.84. The third-order valence-corrected chi connectivity index (χ3v) is 5.32. The first-order valence-corrected chi connectivity index (χ1v) is 9.47. The highest BCUT2D eigenvalue weighted by Crippen LogP contribution is 2.24. The molecule has 2 aromatic carbocycles. The number of hydrogen-bond acceptors (Lipinski definition) is 3. The topological polar surface area (TPSA) is 65.2 Å². The molecule has 0 bridgehead atoms. The fourth-order valence-corrected chi connectivity index (χ4v) is 3.56. The van der Waals surface area contributed by atoms with Gasteiger partial charge in [-0.3, -0.25) is 14.5 Å². The molecule has 1 atom stereocenters. The van der Waals surface area contributed by atoms with Crippen LogP contribution in [-0.2, 0) is 4.79 Å². The van der Waals surface area contributed by atoms with Crippen LogP contribution in [0.15, 0.2) is 42.5 Å². The maximum absolute atomic E-state index is 13.1. The number of Topliss-reactive ketones (excluding diaryl/α,β-unsaturated/α-hetero) is 1. The third kappa shape index (κ3) is 3.85. The molecular formula is C23H27N3O2. The van der Waals surface area contributed by atoms with E-state index in [1.807, 2.05) is 70.2 Å². The number of rotatable bonds is 6. The monoisotopic (exact) mass is 377 g/mol. The van der Waals surface area contributed by atoms with Crippen LogP contribution in [0.3, 0.4) is 0 Å². The summed E-state index contributed by atoms with van der Waals surface area (Å²) >= 11 is 0. The molecule has 0 aliphatic carbocycles. The van der Waals surface area contributed by atoms with Crippen molar-refractivity contribution in [2.45, 2.75) is 33.7 Å². The lowest BCUT2D eigenvalue weighted by atomic mass is 10.0. The van der Waals surface area contributed by atoms with Crippen LogP contribution in [0.5, 0.6) is 0 Å². The zero-order chi connectivity index (χ0) is 20.4. The number of likely N-dealkylation sites (N-methyl/N-ethyl adjacent to an activating group) is 1. The highest BCUT2D eigenvalue weighted by atomic mass is 16.2. The molecule has 5 heteroatoms. The second-order valence-corrected chi connectivity index (χ2v) is 7.44. The van der Waals surface area contributed by atoms with Gasteiger partial charge in [-0.05, 0) is 51.9 Å². The number of aromatic nitrogens is 1. The van der Waals surface area contributed by atoms with Crippen LogP contribution >= 0.6 is 0 Å². The van der Waals surface area contributed by atoms with Gasteiger partial charge in [-0.25, -0.2) is 0 Å². The van der Waals surface area contributed by atoms with Crippen LogP contribution in [0, 0.1) is 20.8 Å². The zero-order valence-corrected chi connectivity index (χ0v) is 17.1. The summed E-state index contributed by atoms with van der Waals surface area (Å²) in [6, 6.07) is 13.3. The summed E-state index contributed by atoms with van der Waals surface area (Å²) in [4.78, 5) is 30.7. The number of aryl methyl sites for hydroxylation is 3. The predicted octanol–water partition coefficient (Wildman–Crippen LogP) is 4.23. The number of nitrogens with zero attached hydrogens (tertiary/aromatic N) is 1. The van der Waals surface area contributed by atoms with Gasteiger partial charge >= 0.3 is 0 Å². The largest absolute Gasteiger partial charge is 0.358 e. The molecule has 0 saturated carbocycles. The number of nitrogens with one attached hydrogen (secondary N) is 2. The summed E-state index contributed by atoms with van der Waals surface area (Å²) in [7, 11) is 1.80. The molecule has 0 aliphatic heterocycles. The van der Waals surface area contributed by atoms with E-state index >= 15 is 0 Å². The van der Waals surface area contributed by atoms with E-state index in [-0.39, 0.29) is 18.2 Å². The Kier molecular flexibility index (Phi) is 5.66. The van der Waals surface area contributed by atoms with Crippen molar-refractivity contribution in [3.63, 3.8) is 0 Å². The van der Waals surface area contributed by atoms with E-state index in [4.69, 9.17) is 0 Å². The number of hydrogen-bond donors (Lipinski definition) is 2. The lowest BCUT2D eigenvalue weighted by molar-refractivity contribution is -0.117. The van der Waals surface area contributed by atoms with Crippen LogP contribution in [-0.4, -0.2) is 41.2 Å². The summed E-state index contributed by atoms with van der Waals surface area (Å²) in [5.41, 5.74) is 5.39. The van der Waals surface area contributed by atoms with E-state index < -0.39 is 6.04 Å². The summed E-state index contributed by atoms with van der Waals surface area (Å²) in [5.74, 6) is -0.118. The Morgan fingerprint density at radius 1 is 1.04 bits per heavy atom. The number of ketones is 1. The van der Waals surface area contributed by atoms with E-state index in [1.54, 1.807) is 11.9 Å². The fourth-order valence-electron chi connectivity index (χ4n) is 3.56. The molecule has 0 aliphatic rings. The number of fused-ring (bicyclic) bond motifs is 1. The van der Waals surface area contributed by atoms with Crippen LogP contribution in [0.4, 0.5) is 5.69 Å². The minimum absolute atomic E-state index is 0.0114. The molecule has 5 nitrogen and oxygen atoms in total. The molecule has 1 amide bonds. The number of H-pyrrole nitrogens is 1. The third-order valence-electron chi connectivity index (χ3n) is 5.32. The zero-order valence-electron chi connectivity index (χ0n) is 17.1. The van der Waals surface area contributed by atoms with Crippen molar-refractivity contribution in [1.82, 2.24) is 9.88 Å². The average molecular weight is 377 g/mol. The van der Waals surface area contributed by atoms with Crippen molar-refractivity contribution in [1.29, 1.82) is 0 Å². The number of carbonyl (C=O) groups excluding carboxylic acids is 2. The van der Waals surface area contributed by atoms with Gasteiger partial charge < -0.3 is 10.3 Å². The molecule has 1 aromatic heterocycles. The predicted molar refractivity (Wildman–Crippen MR) is 114 cm³/mol. The van der Waals surface area contributed by atoms with Gasteiger partial charge in [0.25, 0.3) is 0 Å². The number of benzene rings is 2. The molecule has 0 unspecified atom stereocenters. The Labute approximate surface area is 165 Å². The first-order valence-electron chi connectivity index (χ1n) is 9.47. The van der Waals surface area contributed by atoms with Crippen molar-refractivity contribution < 1.29 is 9.59 Å². The first-order chi connectivity index (χ1) is 13.3. The maximum Gasteiger partial charge on any atom is 0.238 e. The molecule has 0 spiro atoms. The van der Waals surface area contributed by atoms with Crippen LogP contribution in [0.2, 0.25) is 0 Å². The number of para-hydroxylation sites is 2. The van der Waals surface area contributed by atoms with Gasteiger partial charge in [0.15, 0.2) is 5.78 Å². The number of carbonyl (C=O) groups is 2. The van der Waals surface area contributed by atoms with Gasteiger partial charge in [-0.1, -0.05) is 36.4 Å². The van der Waals surface area contributed by atoms with E-state index in [9.17, 15) is 9.59 Å². The molecule has 0 fully saturated rings. The van der Waals surface area contributed by atoms with Crippen molar-refractivity contribution in [3.05, 3.63) is 64.8 Å². The molecule has 2 N–H and O–H groups in total. The lowest BCUT2D eigenvalue weighted by Crippen LogP contribution is -2.41. The molecule has 1 heterocycles. The molecule has 3 aromatic rings. The van der Waals surface area contributed by atoms with Crippen LogP contribution in [0.1, 0.15) is 34.1 Å². The van der Waals surface area contributed by atoms with E-state index in [2.05, 4.69) is 10.3 Å². The number of anilines is 1. The van der Waals surface area contributed by atoms with Gasteiger partial charge in [0.1, 0.15) is 0 Å². The molecule has 28 heavy (non-hydrogen) atoms. The second-order valence-electron chi connectivity index (χ2n) is 7.44. The van der Waals surface area contributed by atoms with Gasteiger partial charge in [-0.2, -0.15) is 0 Å². The van der Waals surface area contributed by atoms with Gasteiger partial charge in [-0.15, -0.1) is 0 Å². The molecular weight excluding hydrogens is 350 g/mol. The lowest BCUT2D eigenvalue weighted by Gasteiger charge is -2.23. The highest BCUT2D eigenvalue weighted by Gasteiger charge is 2.25. The Bertz CT molecular complexity index is 1020. The van der Waals surface area contributed by atoms with Crippen molar-refractivity contribution >= 4 is 28.3 Å². The SMILES string of the molecule is Cc1cccc(C)c1NC(=O)CN(C)[C@@H](C)C(=O)c1c(C)[nH]c2ccccc12. The smallest absolute Gasteiger partial charge is 0.238 e. The van der Waals surface area contributed by atoms with Crippen LogP contribution in [0.25, 0.3) is 10.9 Å². The minimum atomic E-state index is -0.415. The van der Waals surface area contributed by atoms with E-state index in [1.165, 1.54) is 0 Å². The summed E-state index contributed by atoms with van der Waals surface area (Å²) in [6.07, 6.45) is 0. The Balaban J connectivity index is 1.73. The van der Waals surface area contributed by atoms with Crippen LogP contribution < -0.4 is 5.32 Å². The quantitative estimate of drug-likeness (QED) is 0.632. The second kappa shape index (κ2) is 7.98. The van der Waals surface area contributed by atoms with Gasteiger partial charge in [0, 0.05) is 27.8 Å². The van der Waals surface area contributed by atoms with Gasteiger partial charge in [0.2, 0.25) is 5.91 Å². The normalized spacial score (nSPS) is 12.4. The molecule has 0 saturated heterocycles. The number of amides is 1. The van der Waals surface area contributed by atoms with Crippen molar-refractivity contribution in [2.24, 2.45) is 0 Å². The Morgan fingerprint density at radius 3 is 2.36 bits per heavy atom. The number of aromatic amines is 1. The van der Waals surface area contributed by atoms with Gasteiger partial charge in [0.05, 0.1) is 12.6 Å². The van der Waals surface area contributed by atoms with E-state index in [0.717, 1.165) is 33.4 Å². The van der Waals surface area contributed by atoms with Crippen molar-refractivity contribution in [3.8, 4) is 0 Å². The van der Waals surface area contributed by atoms with Crippen molar-refractivity contribution in [2.75, 3.05) is 18.9 Å².